The van der Waals surface area contributed by atoms with E-state index >= 15 is 0 Å². The largest absolute Gasteiger partial charge is 0.497 e. The van der Waals surface area contributed by atoms with Crippen molar-refractivity contribution >= 4 is 17.2 Å². The molecule has 5 nitrogen and oxygen atoms in total. The lowest BCUT2D eigenvalue weighted by Gasteiger charge is -2.10. The SMILES string of the molecule is COc1ccc(-c2cn3c(C(=O)Nc4ccccc4)c(-c4ccc(F)cc4)c4c3n2CCCC4)cc1. The van der Waals surface area contributed by atoms with Crippen LogP contribution in [0.1, 0.15) is 28.9 Å². The van der Waals surface area contributed by atoms with Gasteiger partial charge in [-0.25, -0.2) is 4.39 Å². The van der Waals surface area contributed by atoms with Crippen molar-refractivity contribution in [3.05, 3.63) is 102 Å². The van der Waals surface area contributed by atoms with Crippen molar-refractivity contribution in [2.75, 3.05) is 12.4 Å². The van der Waals surface area contributed by atoms with Crippen LogP contribution in [-0.4, -0.2) is 22.0 Å². The van der Waals surface area contributed by atoms with Gasteiger partial charge < -0.3 is 14.6 Å². The van der Waals surface area contributed by atoms with E-state index in [4.69, 9.17) is 4.74 Å². The van der Waals surface area contributed by atoms with Crippen molar-refractivity contribution < 1.29 is 13.9 Å². The second kappa shape index (κ2) is 9.04. The third-order valence-corrected chi connectivity index (χ3v) is 6.90. The first-order chi connectivity index (χ1) is 17.6. The van der Waals surface area contributed by atoms with Gasteiger partial charge in [0.25, 0.3) is 5.91 Å². The summed E-state index contributed by atoms with van der Waals surface area (Å²) in [7, 11) is 1.66. The summed E-state index contributed by atoms with van der Waals surface area (Å²) in [6.45, 7) is 0.859. The number of ether oxygens (including phenoxy) is 1. The summed E-state index contributed by atoms with van der Waals surface area (Å²) in [5.41, 5.74) is 7.26. The zero-order valence-electron chi connectivity index (χ0n) is 20.0. The Balaban J connectivity index is 1.60. The summed E-state index contributed by atoms with van der Waals surface area (Å²) in [6.07, 6.45) is 4.95. The minimum absolute atomic E-state index is 0.194. The first-order valence-corrected chi connectivity index (χ1v) is 12.2. The topological polar surface area (TPSA) is 47.7 Å². The Morgan fingerprint density at radius 3 is 2.36 bits per heavy atom. The van der Waals surface area contributed by atoms with Crippen molar-refractivity contribution in [3.8, 4) is 28.1 Å². The summed E-state index contributed by atoms with van der Waals surface area (Å²) in [6, 6.07) is 23.9. The van der Waals surface area contributed by atoms with Crippen LogP contribution in [0, 0.1) is 5.82 Å². The van der Waals surface area contributed by atoms with E-state index in [1.165, 1.54) is 12.1 Å². The predicted molar refractivity (Wildman–Crippen MR) is 140 cm³/mol. The van der Waals surface area contributed by atoms with Crippen LogP contribution in [0.15, 0.2) is 85.1 Å². The van der Waals surface area contributed by atoms with Crippen LogP contribution < -0.4 is 10.1 Å². The lowest BCUT2D eigenvalue weighted by Crippen LogP contribution is -2.15. The smallest absolute Gasteiger partial charge is 0.273 e. The molecule has 0 atom stereocenters. The van der Waals surface area contributed by atoms with E-state index in [1.807, 2.05) is 59.0 Å². The van der Waals surface area contributed by atoms with E-state index < -0.39 is 0 Å². The van der Waals surface area contributed by atoms with Crippen LogP contribution in [0.25, 0.3) is 28.0 Å². The molecule has 1 N–H and O–H groups in total. The Morgan fingerprint density at radius 1 is 0.917 bits per heavy atom. The fraction of sp³-hybridized carbons (Fsp3) is 0.167. The number of amides is 1. The first kappa shape index (κ1) is 22.2. The number of para-hydroxylation sites is 1. The Hall–Kier alpha value is -4.32. The van der Waals surface area contributed by atoms with Crippen LogP contribution in [0.2, 0.25) is 0 Å². The van der Waals surface area contributed by atoms with Crippen LogP contribution in [0.5, 0.6) is 5.75 Å². The molecular weight excluding hydrogens is 453 g/mol. The van der Waals surface area contributed by atoms with Gasteiger partial charge in [0.2, 0.25) is 0 Å². The summed E-state index contributed by atoms with van der Waals surface area (Å²) in [5, 5.41) is 3.07. The highest BCUT2D eigenvalue weighted by Crippen LogP contribution is 2.40. The number of methoxy groups -OCH3 is 1. The molecule has 5 aromatic rings. The maximum atomic E-state index is 13.8. The average Bonchev–Trinajstić information content (AvgIpc) is 3.32. The number of carbonyl (C=O) groups excluding carboxylic acids is 1. The molecule has 0 saturated carbocycles. The van der Waals surface area contributed by atoms with Gasteiger partial charge in [0.05, 0.1) is 12.8 Å². The molecule has 36 heavy (non-hydrogen) atoms. The van der Waals surface area contributed by atoms with E-state index in [9.17, 15) is 9.18 Å². The second-order valence-electron chi connectivity index (χ2n) is 9.07. The van der Waals surface area contributed by atoms with Gasteiger partial charge in [-0.2, -0.15) is 0 Å². The standard InChI is InChI=1S/C30H26FN3O2/c1-36-24-16-12-20(13-17-24)26-19-34-28(29(35)32-23-7-3-2-4-8-23)27(21-10-14-22(31)15-11-21)25-9-5-6-18-33(26)30(25)34/h2-4,7-8,10-17,19H,5-6,9,18H2,1H3,(H,32,35). The zero-order chi connectivity index (χ0) is 24.6. The molecule has 0 spiro atoms. The first-order valence-electron chi connectivity index (χ1n) is 12.2. The molecule has 1 aliphatic heterocycles. The fourth-order valence-electron chi connectivity index (χ4n) is 5.24. The van der Waals surface area contributed by atoms with Crippen molar-refractivity contribution in [1.82, 2.24) is 8.97 Å². The highest BCUT2D eigenvalue weighted by atomic mass is 19.1. The van der Waals surface area contributed by atoms with Gasteiger partial charge in [0.15, 0.2) is 0 Å². The molecule has 1 amide bonds. The number of hydrogen-bond acceptors (Lipinski definition) is 2. The van der Waals surface area contributed by atoms with Crippen molar-refractivity contribution in [1.29, 1.82) is 0 Å². The molecular formula is C30H26FN3O2. The van der Waals surface area contributed by atoms with Gasteiger partial charge in [-0.15, -0.1) is 0 Å². The number of benzene rings is 3. The van der Waals surface area contributed by atoms with Crippen LogP contribution in [-0.2, 0) is 13.0 Å². The molecule has 0 saturated heterocycles. The molecule has 3 heterocycles. The van der Waals surface area contributed by atoms with Gasteiger partial charge in [0.1, 0.15) is 22.9 Å². The van der Waals surface area contributed by atoms with Crippen LogP contribution in [0.4, 0.5) is 10.1 Å². The number of imidazole rings is 1. The van der Waals surface area contributed by atoms with E-state index in [-0.39, 0.29) is 11.7 Å². The minimum atomic E-state index is -0.296. The maximum absolute atomic E-state index is 13.8. The highest BCUT2D eigenvalue weighted by Gasteiger charge is 2.29. The number of rotatable bonds is 5. The summed E-state index contributed by atoms with van der Waals surface area (Å²) in [4.78, 5) is 13.8. The number of hydrogen-bond donors (Lipinski definition) is 1. The third-order valence-electron chi connectivity index (χ3n) is 6.90. The van der Waals surface area contributed by atoms with E-state index in [0.29, 0.717) is 5.69 Å². The highest BCUT2D eigenvalue weighted by molar-refractivity contribution is 6.10. The molecule has 6 rings (SSSR count). The number of halogens is 1. The van der Waals surface area contributed by atoms with Crippen LogP contribution >= 0.6 is 0 Å². The molecule has 0 aliphatic carbocycles. The zero-order valence-corrected chi connectivity index (χ0v) is 20.0. The summed E-state index contributed by atoms with van der Waals surface area (Å²) >= 11 is 0. The number of carbonyl (C=O) groups is 1. The molecule has 6 heteroatoms. The third kappa shape index (κ3) is 3.75. The molecule has 180 valence electrons. The number of aromatic nitrogens is 2. The van der Waals surface area contributed by atoms with Crippen molar-refractivity contribution in [2.45, 2.75) is 25.8 Å². The maximum Gasteiger partial charge on any atom is 0.273 e. The second-order valence-corrected chi connectivity index (χ2v) is 9.07. The monoisotopic (exact) mass is 479 g/mol. The van der Waals surface area contributed by atoms with Gasteiger partial charge in [0, 0.05) is 29.6 Å². The molecule has 0 unspecified atom stereocenters. The molecule has 3 aromatic carbocycles. The molecule has 0 bridgehead atoms. The van der Waals surface area contributed by atoms with Gasteiger partial charge in [-0.1, -0.05) is 30.3 Å². The van der Waals surface area contributed by atoms with E-state index in [2.05, 4.69) is 16.1 Å². The van der Waals surface area contributed by atoms with E-state index in [1.54, 1.807) is 19.2 Å². The lowest BCUT2D eigenvalue weighted by atomic mass is 9.97. The number of nitrogens with zero attached hydrogens (tertiary/aromatic N) is 2. The summed E-state index contributed by atoms with van der Waals surface area (Å²) < 4.78 is 23.5. The van der Waals surface area contributed by atoms with Crippen molar-refractivity contribution in [2.24, 2.45) is 0 Å². The lowest BCUT2D eigenvalue weighted by molar-refractivity contribution is 0.102. The van der Waals surface area contributed by atoms with Gasteiger partial charge >= 0.3 is 0 Å². The average molecular weight is 480 g/mol. The number of aryl methyl sites for hydroxylation is 2. The van der Waals surface area contributed by atoms with Gasteiger partial charge in [-0.3, -0.25) is 9.20 Å². The van der Waals surface area contributed by atoms with E-state index in [0.717, 1.165) is 70.8 Å². The predicted octanol–water partition coefficient (Wildman–Crippen LogP) is 6.81. The van der Waals surface area contributed by atoms with Crippen molar-refractivity contribution in [3.63, 3.8) is 0 Å². The number of nitrogens with one attached hydrogen (secondary N) is 1. The molecule has 1 aliphatic rings. The molecule has 0 radical (unpaired) electrons. The molecule has 0 fully saturated rings. The number of anilines is 1. The Morgan fingerprint density at radius 2 is 1.64 bits per heavy atom. The Bertz CT molecular complexity index is 1550. The normalized spacial score (nSPS) is 12.9. The Labute approximate surface area is 208 Å². The minimum Gasteiger partial charge on any atom is -0.497 e. The quantitative estimate of drug-likeness (QED) is 0.301. The Kier molecular flexibility index (Phi) is 5.56. The van der Waals surface area contributed by atoms with Crippen LogP contribution in [0.3, 0.4) is 0 Å². The summed E-state index contributed by atoms with van der Waals surface area (Å²) in [5.74, 6) is 0.311. The fourth-order valence-corrected chi connectivity index (χ4v) is 5.24. The molecule has 2 aromatic heterocycles. The van der Waals surface area contributed by atoms with Gasteiger partial charge in [-0.05, 0) is 78.9 Å².